The second kappa shape index (κ2) is 7.21. The molecule has 1 aromatic rings. The van der Waals surface area contributed by atoms with Gasteiger partial charge >= 0.3 is 29.6 Å². The van der Waals surface area contributed by atoms with Crippen molar-refractivity contribution < 1.29 is 56.9 Å². The summed E-state index contributed by atoms with van der Waals surface area (Å²) < 4.78 is 28.7. The zero-order chi connectivity index (χ0) is 17.7. The Morgan fingerprint density at radius 2 is 1.92 bits per heavy atom. The first-order chi connectivity index (χ1) is 11.1. The third kappa shape index (κ3) is 3.91. The number of rotatable bonds is 5. The summed E-state index contributed by atoms with van der Waals surface area (Å²) in [6, 6.07) is 7.38. The smallest absolute Gasteiger partial charge is 0.548 e. The van der Waals surface area contributed by atoms with E-state index in [9.17, 15) is 23.1 Å². The van der Waals surface area contributed by atoms with E-state index >= 15 is 0 Å². The molecule has 3 atom stereocenters. The fraction of sp³-hybridized carbons (Fsp3) is 0.467. The molecule has 7 nitrogen and oxygen atoms in total. The van der Waals surface area contributed by atoms with Crippen LogP contribution in [0.2, 0.25) is 0 Å². The third-order valence-corrected chi connectivity index (χ3v) is 6.79. The number of β-lactam (4-membered cyclic amide) rings is 1. The maximum atomic E-state index is 12.2. The van der Waals surface area contributed by atoms with Crippen LogP contribution in [-0.4, -0.2) is 47.5 Å². The Balaban J connectivity index is 0.00000225. The molecule has 2 saturated heterocycles. The summed E-state index contributed by atoms with van der Waals surface area (Å²) in [5, 5.41) is 10.7. The molecule has 1 aromatic carbocycles. The van der Waals surface area contributed by atoms with Crippen LogP contribution in [0, 0.1) is 0 Å². The number of benzene rings is 1. The van der Waals surface area contributed by atoms with Crippen molar-refractivity contribution in [3.63, 3.8) is 0 Å². The van der Waals surface area contributed by atoms with Crippen LogP contribution in [0.15, 0.2) is 30.3 Å². The normalized spacial score (nSPS) is 27.2. The molecular formula is C15H16NNaO6S2. The first-order valence-electron chi connectivity index (χ1n) is 7.28. The van der Waals surface area contributed by atoms with Gasteiger partial charge in [0.25, 0.3) is 16.0 Å². The van der Waals surface area contributed by atoms with E-state index in [0.29, 0.717) is 5.56 Å². The molecular weight excluding hydrogens is 377 g/mol. The number of aliphatic carboxylic acids is 1. The first kappa shape index (κ1) is 20.7. The molecule has 0 spiro atoms. The Hall–Kier alpha value is -0.580. The molecule has 3 rings (SSSR count). The van der Waals surface area contributed by atoms with E-state index < -0.39 is 44.3 Å². The van der Waals surface area contributed by atoms with Gasteiger partial charge < -0.3 is 14.8 Å². The average molecular weight is 393 g/mol. The predicted octanol–water partition coefficient (Wildman–Crippen LogP) is -3.28. The molecule has 0 saturated carbocycles. The number of hydrogen-bond donors (Lipinski definition) is 0. The summed E-state index contributed by atoms with van der Waals surface area (Å²) in [4.78, 5) is 24.7. The number of carboxylic acids is 1. The summed E-state index contributed by atoms with van der Waals surface area (Å²) in [6.45, 7) is 3.36. The van der Waals surface area contributed by atoms with Crippen molar-refractivity contribution in [1.82, 2.24) is 4.90 Å². The first-order valence-corrected chi connectivity index (χ1v) is 9.74. The van der Waals surface area contributed by atoms with Crippen LogP contribution >= 0.6 is 11.8 Å². The van der Waals surface area contributed by atoms with Crippen molar-refractivity contribution in [3.05, 3.63) is 35.9 Å². The Bertz CT molecular complexity index is 782. The van der Waals surface area contributed by atoms with Gasteiger partial charge in [-0.15, -0.1) is 11.8 Å². The van der Waals surface area contributed by atoms with Crippen LogP contribution in [0.5, 0.6) is 0 Å². The maximum absolute atomic E-state index is 12.2. The van der Waals surface area contributed by atoms with Crippen molar-refractivity contribution in [2.75, 3.05) is 0 Å². The molecule has 0 aliphatic carbocycles. The van der Waals surface area contributed by atoms with Crippen molar-refractivity contribution in [2.24, 2.45) is 0 Å². The van der Waals surface area contributed by atoms with Gasteiger partial charge in [0, 0.05) is 4.75 Å². The van der Waals surface area contributed by atoms with Gasteiger partial charge in [0.05, 0.1) is 12.0 Å². The van der Waals surface area contributed by atoms with Crippen LogP contribution < -0.4 is 34.7 Å². The van der Waals surface area contributed by atoms with E-state index in [2.05, 4.69) is 0 Å². The molecule has 130 valence electrons. The molecule has 0 bridgehead atoms. The zero-order valence-corrected chi connectivity index (χ0v) is 17.7. The summed E-state index contributed by atoms with van der Waals surface area (Å²) >= 11 is 1.21. The molecule has 0 aromatic heterocycles. The minimum atomic E-state index is -3.97. The van der Waals surface area contributed by atoms with E-state index in [4.69, 9.17) is 4.18 Å². The molecule has 2 aliphatic heterocycles. The van der Waals surface area contributed by atoms with Crippen molar-refractivity contribution >= 4 is 33.8 Å². The van der Waals surface area contributed by atoms with Crippen LogP contribution in [0.4, 0.5) is 0 Å². The van der Waals surface area contributed by atoms with Gasteiger partial charge in [0.2, 0.25) is 0 Å². The van der Waals surface area contributed by atoms with Gasteiger partial charge in [-0.05, 0) is 19.4 Å². The van der Waals surface area contributed by atoms with Gasteiger partial charge in [-0.3, -0.25) is 8.98 Å². The Kier molecular flexibility index (Phi) is 5.97. The largest absolute Gasteiger partial charge is 1.00 e. The van der Waals surface area contributed by atoms with Gasteiger partial charge in [-0.25, -0.2) is 0 Å². The molecule has 25 heavy (non-hydrogen) atoms. The summed E-state index contributed by atoms with van der Waals surface area (Å²) in [6.07, 6.45) is -1.19. The fourth-order valence-electron chi connectivity index (χ4n) is 3.02. The van der Waals surface area contributed by atoms with Crippen LogP contribution in [0.3, 0.4) is 0 Å². The van der Waals surface area contributed by atoms with Gasteiger partial charge in [0.15, 0.2) is 6.10 Å². The number of fused-ring (bicyclic) bond motifs is 1. The number of hydrogen-bond acceptors (Lipinski definition) is 7. The Labute approximate surface area is 172 Å². The average Bonchev–Trinajstić information content (AvgIpc) is 2.74. The third-order valence-electron chi connectivity index (χ3n) is 4.05. The number of thioether (sulfide) groups is 1. The molecule has 0 unspecified atom stereocenters. The van der Waals surface area contributed by atoms with E-state index in [1.165, 1.54) is 11.8 Å². The van der Waals surface area contributed by atoms with E-state index in [1.54, 1.807) is 44.2 Å². The fourth-order valence-corrected chi connectivity index (χ4v) is 5.86. The predicted molar refractivity (Wildman–Crippen MR) is 85.0 cm³/mol. The van der Waals surface area contributed by atoms with Crippen LogP contribution in [0.25, 0.3) is 0 Å². The quantitative estimate of drug-likeness (QED) is 0.294. The number of nitrogens with zero attached hydrogens (tertiary/aromatic N) is 1. The Morgan fingerprint density at radius 3 is 2.48 bits per heavy atom. The second-order valence-electron chi connectivity index (χ2n) is 6.28. The van der Waals surface area contributed by atoms with Crippen molar-refractivity contribution in [2.45, 2.75) is 41.9 Å². The topological polar surface area (TPSA) is 104 Å². The monoisotopic (exact) mass is 393 g/mol. The summed E-state index contributed by atoms with van der Waals surface area (Å²) in [5.74, 6) is -2.33. The maximum Gasteiger partial charge on any atom is 1.00 e. The van der Waals surface area contributed by atoms with Gasteiger partial charge in [-0.1, -0.05) is 30.3 Å². The molecule has 2 heterocycles. The standard InChI is InChI=1S/C15H17NO6S2.Na/c1-15(2)11(14(18)19)16-12(17)10(13(16)23-15)22-24(20,21)8-9-6-4-3-5-7-9;/h3-7,10-11,13H,8H2,1-2H3,(H,18,19);/q;+1/p-1/t10-,11+,13-;/m1./s1. The molecule has 2 aliphatic rings. The van der Waals surface area contributed by atoms with E-state index in [0.717, 1.165) is 4.90 Å². The molecule has 0 radical (unpaired) electrons. The van der Waals surface area contributed by atoms with Crippen molar-refractivity contribution in [3.8, 4) is 0 Å². The van der Waals surface area contributed by atoms with Gasteiger partial charge in [0.1, 0.15) is 11.1 Å². The number of amides is 1. The number of carbonyl (C=O) groups excluding carboxylic acids is 2. The van der Waals surface area contributed by atoms with Crippen LogP contribution in [-0.2, 0) is 29.6 Å². The van der Waals surface area contributed by atoms with E-state index in [1.807, 2.05) is 0 Å². The molecule has 2 fully saturated rings. The summed E-state index contributed by atoms with van der Waals surface area (Å²) in [5.41, 5.74) is 0.549. The Morgan fingerprint density at radius 1 is 1.32 bits per heavy atom. The van der Waals surface area contributed by atoms with E-state index in [-0.39, 0.29) is 35.3 Å². The minimum Gasteiger partial charge on any atom is -0.548 e. The molecule has 1 amide bonds. The number of carbonyl (C=O) groups is 2. The number of carboxylic acid groups (broad SMARTS) is 1. The van der Waals surface area contributed by atoms with Gasteiger partial charge in [-0.2, -0.15) is 8.42 Å². The molecule has 10 heteroatoms. The second-order valence-corrected chi connectivity index (χ2v) is 9.65. The zero-order valence-electron chi connectivity index (χ0n) is 14.0. The summed E-state index contributed by atoms with van der Waals surface area (Å²) in [7, 11) is -3.97. The van der Waals surface area contributed by atoms with Crippen LogP contribution in [0.1, 0.15) is 19.4 Å². The molecule has 0 N–H and O–H groups in total. The van der Waals surface area contributed by atoms with Crippen molar-refractivity contribution in [1.29, 1.82) is 0 Å². The minimum absolute atomic E-state index is 0. The SMILES string of the molecule is CC1(C)S[C@@H]2[C@H](OS(=O)(=O)Cc3ccccc3)C(=O)N2[C@H]1C(=O)[O-].[Na+].